The first kappa shape index (κ1) is 21.7. The van der Waals surface area contributed by atoms with E-state index in [0.29, 0.717) is 11.3 Å². The van der Waals surface area contributed by atoms with Crippen molar-refractivity contribution in [3.05, 3.63) is 94.5 Å². The van der Waals surface area contributed by atoms with Crippen LogP contribution in [0.5, 0.6) is 0 Å². The quantitative estimate of drug-likeness (QED) is 0.546. The number of nitriles is 1. The number of carbonyl (C=O) groups excluding carboxylic acids is 1. The Balaban J connectivity index is 1.86. The highest BCUT2D eigenvalue weighted by Crippen LogP contribution is 2.21. The molecular formula is C22H18BrN3O3S. The molecule has 0 radical (unpaired) electrons. The highest BCUT2D eigenvalue weighted by Gasteiger charge is 2.27. The Hall–Kier alpha value is -2.99. The van der Waals surface area contributed by atoms with Gasteiger partial charge in [0, 0.05) is 16.7 Å². The maximum Gasteiger partial charge on any atom is 0.243 e. The summed E-state index contributed by atoms with van der Waals surface area (Å²) in [5, 5.41) is 11.7. The summed E-state index contributed by atoms with van der Waals surface area (Å²) in [4.78, 5) is 12.7. The average Bonchev–Trinajstić information content (AvgIpc) is 2.74. The van der Waals surface area contributed by atoms with Crippen molar-refractivity contribution in [1.82, 2.24) is 4.31 Å². The molecule has 0 atom stereocenters. The number of carbonyl (C=O) groups is 1. The first-order valence-corrected chi connectivity index (χ1v) is 11.2. The summed E-state index contributed by atoms with van der Waals surface area (Å²) in [5.74, 6) is -0.498. The van der Waals surface area contributed by atoms with E-state index >= 15 is 0 Å². The minimum Gasteiger partial charge on any atom is -0.325 e. The Bertz CT molecular complexity index is 1170. The first-order chi connectivity index (χ1) is 14.4. The molecule has 6 nitrogen and oxygen atoms in total. The van der Waals surface area contributed by atoms with Crippen molar-refractivity contribution in [3.8, 4) is 6.07 Å². The molecule has 0 aliphatic heterocycles. The third-order valence-corrected chi connectivity index (χ3v) is 6.58. The van der Waals surface area contributed by atoms with Crippen LogP contribution in [0.3, 0.4) is 0 Å². The monoisotopic (exact) mass is 483 g/mol. The van der Waals surface area contributed by atoms with Crippen molar-refractivity contribution in [2.45, 2.75) is 11.4 Å². The van der Waals surface area contributed by atoms with Gasteiger partial charge < -0.3 is 5.32 Å². The summed E-state index contributed by atoms with van der Waals surface area (Å²) in [6, 6.07) is 23.8. The van der Waals surface area contributed by atoms with Crippen LogP contribution in [0.25, 0.3) is 0 Å². The van der Waals surface area contributed by atoms with Crippen LogP contribution < -0.4 is 5.32 Å². The van der Waals surface area contributed by atoms with Crippen molar-refractivity contribution in [3.63, 3.8) is 0 Å². The van der Waals surface area contributed by atoms with Crippen LogP contribution in [0.1, 0.15) is 11.1 Å². The lowest BCUT2D eigenvalue weighted by Gasteiger charge is -2.22. The number of halogens is 1. The topological polar surface area (TPSA) is 90.3 Å². The second-order valence-corrected chi connectivity index (χ2v) is 9.31. The lowest BCUT2D eigenvalue weighted by molar-refractivity contribution is -0.116. The Morgan fingerprint density at radius 3 is 2.37 bits per heavy atom. The van der Waals surface area contributed by atoms with E-state index in [4.69, 9.17) is 5.26 Å². The van der Waals surface area contributed by atoms with Crippen LogP contribution in [0, 0.1) is 11.3 Å². The molecule has 3 aromatic rings. The summed E-state index contributed by atoms with van der Waals surface area (Å²) < 4.78 is 28.3. The Kier molecular flexibility index (Phi) is 7.00. The van der Waals surface area contributed by atoms with E-state index in [1.807, 2.05) is 24.3 Å². The predicted octanol–water partition coefficient (Wildman–Crippen LogP) is 4.15. The molecule has 0 saturated heterocycles. The number of benzene rings is 3. The molecule has 3 rings (SSSR count). The fraction of sp³-hybridized carbons (Fsp3) is 0.0909. The largest absolute Gasteiger partial charge is 0.325 e. The van der Waals surface area contributed by atoms with E-state index in [-0.39, 0.29) is 18.0 Å². The second-order valence-electron chi connectivity index (χ2n) is 6.45. The van der Waals surface area contributed by atoms with Crippen LogP contribution in [0.2, 0.25) is 0 Å². The summed E-state index contributed by atoms with van der Waals surface area (Å²) in [7, 11) is -3.92. The molecule has 0 aliphatic rings. The number of hydrogen-bond acceptors (Lipinski definition) is 4. The van der Waals surface area contributed by atoms with Gasteiger partial charge in [-0.15, -0.1) is 0 Å². The zero-order chi connectivity index (χ0) is 21.6. The van der Waals surface area contributed by atoms with Gasteiger partial charge in [-0.3, -0.25) is 4.79 Å². The van der Waals surface area contributed by atoms with E-state index in [1.165, 1.54) is 18.2 Å². The van der Waals surface area contributed by atoms with Gasteiger partial charge in [0.15, 0.2) is 0 Å². The number of rotatable bonds is 7. The van der Waals surface area contributed by atoms with Gasteiger partial charge in [0.2, 0.25) is 15.9 Å². The van der Waals surface area contributed by atoms with Crippen molar-refractivity contribution < 1.29 is 13.2 Å². The standard InChI is InChI=1S/C22H18BrN3O3S/c23-19-9-11-21(12-10-19)30(28,29)26(15-17-5-2-1-3-6-17)16-22(27)25-20-8-4-7-18(13-20)14-24/h1-13H,15-16H2,(H,25,27). The molecule has 0 heterocycles. The predicted molar refractivity (Wildman–Crippen MR) is 118 cm³/mol. The Morgan fingerprint density at radius 1 is 1.00 bits per heavy atom. The number of sulfonamides is 1. The molecule has 0 aliphatic carbocycles. The number of nitrogens with one attached hydrogen (secondary N) is 1. The summed E-state index contributed by atoms with van der Waals surface area (Å²) in [6.07, 6.45) is 0. The van der Waals surface area contributed by atoms with Gasteiger partial charge in [0.1, 0.15) is 0 Å². The van der Waals surface area contributed by atoms with Crippen molar-refractivity contribution >= 4 is 37.5 Å². The molecule has 1 N–H and O–H groups in total. The smallest absolute Gasteiger partial charge is 0.243 e. The summed E-state index contributed by atoms with van der Waals surface area (Å²) in [5.41, 5.74) is 1.59. The molecule has 8 heteroatoms. The van der Waals surface area contributed by atoms with Crippen molar-refractivity contribution in [2.24, 2.45) is 0 Å². The number of hydrogen-bond donors (Lipinski definition) is 1. The van der Waals surface area contributed by atoms with Crippen LogP contribution in [-0.4, -0.2) is 25.2 Å². The number of amides is 1. The fourth-order valence-electron chi connectivity index (χ4n) is 2.80. The van der Waals surface area contributed by atoms with E-state index in [1.54, 1.807) is 42.5 Å². The molecule has 0 spiro atoms. The van der Waals surface area contributed by atoms with Crippen LogP contribution in [-0.2, 0) is 21.4 Å². The lowest BCUT2D eigenvalue weighted by Crippen LogP contribution is -2.37. The highest BCUT2D eigenvalue weighted by molar-refractivity contribution is 9.10. The van der Waals surface area contributed by atoms with Gasteiger partial charge >= 0.3 is 0 Å². The molecule has 0 saturated carbocycles. The summed E-state index contributed by atoms with van der Waals surface area (Å²) >= 11 is 3.30. The zero-order valence-electron chi connectivity index (χ0n) is 15.8. The second kappa shape index (κ2) is 9.67. The van der Waals surface area contributed by atoms with Crippen molar-refractivity contribution in [2.75, 3.05) is 11.9 Å². The normalized spacial score (nSPS) is 11.1. The van der Waals surface area contributed by atoms with Gasteiger partial charge in [-0.2, -0.15) is 9.57 Å². The minimum absolute atomic E-state index is 0.0465. The summed E-state index contributed by atoms with van der Waals surface area (Å²) in [6.45, 7) is -0.324. The molecular weight excluding hydrogens is 466 g/mol. The van der Waals surface area contributed by atoms with E-state index in [0.717, 1.165) is 14.3 Å². The lowest BCUT2D eigenvalue weighted by atomic mass is 10.2. The van der Waals surface area contributed by atoms with Crippen LogP contribution >= 0.6 is 15.9 Å². The van der Waals surface area contributed by atoms with Gasteiger partial charge in [-0.05, 0) is 48.0 Å². The van der Waals surface area contributed by atoms with Crippen LogP contribution in [0.4, 0.5) is 5.69 Å². The zero-order valence-corrected chi connectivity index (χ0v) is 18.2. The molecule has 0 unspecified atom stereocenters. The molecule has 152 valence electrons. The van der Waals surface area contributed by atoms with E-state index in [9.17, 15) is 13.2 Å². The SMILES string of the molecule is N#Cc1cccc(NC(=O)CN(Cc2ccccc2)S(=O)(=O)c2ccc(Br)cc2)c1. The van der Waals surface area contributed by atoms with E-state index < -0.39 is 15.9 Å². The third-order valence-electron chi connectivity index (χ3n) is 4.25. The van der Waals surface area contributed by atoms with Crippen molar-refractivity contribution in [1.29, 1.82) is 5.26 Å². The first-order valence-electron chi connectivity index (χ1n) is 8.98. The Morgan fingerprint density at radius 2 is 1.70 bits per heavy atom. The van der Waals surface area contributed by atoms with Gasteiger partial charge in [-0.1, -0.05) is 52.3 Å². The minimum atomic E-state index is -3.92. The average molecular weight is 484 g/mol. The fourth-order valence-corrected chi connectivity index (χ4v) is 4.44. The Labute approximate surface area is 183 Å². The van der Waals surface area contributed by atoms with Crippen LogP contribution in [0.15, 0.2) is 88.2 Å². The maximum absolute atomic E-state index is 13.2. The molecule has 30 heavy (non-hydrogen) atoms. The molecule has 0 aromatic heterocycles. The molecule has 3 aromatic carbocycles. The van der Waals surface area contributed by atoms with E-state index in [2.05, 4.69) is 21.2 Å². The molecule has 0 fully saturated rings. The van der Waals surface area contributed by atoms with Gasteiger partial charge in [0.05, 0.1) is 23.1 Å². The third kappa shape index (κ3) is 5.54. The highest BCUT2D eigenvalue weighted by atomic mass is 79.9. The van der Waals surface area contributed by atoms with Gasteiger partial charge in [0.25, 0.3) is 0 Å². The van der Waals surface area contributed by atoms with Gasteiger partial charge in [-0.25, -0.2) is 8.42 Å². The molecule has 0 bridgehead atoms. The number of anilines is 1. The molecule has 1 amide bonds. The number of nitrogens with zero attached hydrogens (tertiary/aromatic N) is 2. The maximum atomic E-state index is 13.2.